The van der Waals surface area contributed by atoms with E-state index in [9.17, 15) is 13.2 Å². The molecule has 0 fully saturated rings. The Morgan fingerprint density at radius 3 is 2.61 bits per heavy atom. The van der Waals surface area contributed by atoms with Gasteiger partial charge in [-0.15, -0.1) is 0 Å². The van der Waals surface area contributed by atoms with Gasteiger partial charge in [0.1, 0.15) is 5.82 Å². The number of nitrogens with zero attached hydrogens (tertiary/aromatic N) is 2. The highest BCUT2D eigenvalue weighted by atomic mass is 19.2. The minimum Gasteiger partial charge on any atom is -0.369 e. The van der Waals surface area contributed by atoms with Crippen molar-refractivity contribution in [2.45, 2.75) is 6.92 Å². The van der Waals surface area contributed by atoms with Crippen LogP contribution < -0.4 is 5.32 Å². The summed E-state index contributed by atoms with van der Waals surface area (Å²) in [5.41, 5.74) is 0.0194. The van der Waals surface area contributed by atoms with Crippen LogP contribution in [0.4, 0.5) is 19.0 Å². The van der Waals surface area contributed by atoms with Crippen LogP contribution in [0.2, 0.25) is 0 Å². The summed E-state index contributed by atoms with van der Waals surface area (Å²) in [6.07, 6.45) is 2.75. The molecule has 1 heterocycles. The van der Waals surface area contributed by atoms with E-state index >= 15 is 0 Å². The van der Waals surface area contributed by atoms with Gasteiger partial charge in [0.2, 0.25) is 0 Å². The van der Waals surface area contributed by atoms with Gasteiger partial charge in [0.05, 0.1) is 18.1 Å². The molecule has 2 rings (SSSR count). The second kappa shape index (κ2) is 5.03. The number of nitrogens with one attached hydrogen (secondary N) is 1. The van der Waals surface area contributed by atoms with Crippen molar-refractivity contribution in [3.05, 3.63) is 42.0 Å². The third-order valence-corrected chi connectivity index (χ3v) is 2.30. The molecule has 0 aliphatic carbocycles. The number of halogens is 3. The molecule has 0 atom stereocenters. The molecule has 0 amide bonds. The van der Waals surface area contributed by atoms with Crippen LogP contribution in [-0.4, -0.2) is 16.5 Å². The minimum atomic E-state index is -1.51. The van der Waals surface area contributed by atoms with E-state index in [1.165, 1.54) is 12.4 Å². The molecule has 0 spiro atoms. The molecule has 0 unspecified atom stereocenters. The molecule has 18 heavy (non-hydrogen) atoms. The molecule has 3 nitrogen and oxygen atoms in total. The van der Waals surface area contributed by atoms with Crippen molar-refractivity contribution in [2.24, 2.45) is 0 Å². The quantitative estimate of drug-likeness (QED) is 0.854. The maximum Gasteiger partial charge on any atom is 0.195 e. The van der Waals surface area contributed by atoms with Gasteiger partial charge in [0, 0.05) is 12.1 Å². The molecule has 1 aromatic carbocycles. The Bertz CT molecular complexity index is 572. The average molecular weight is 253 g/mol. The van der Waals surface area contributed by atoms with Gasteiger partial charge < -0.3 is 5.32 Å². The summed E-state index contributed by atoms with van der Waals surface area (Å²) < 4.78 is 39.5. The summed E-state index contributed by atoms with van der Waals surface area (Å²) in [6, 6.07) is 1.99. The Morgan fingerprint density at radius 2 is 1.89 bits per heavy atom. The zero-order chi connectivity index (χ0) is 13.1. The van der Waals surface area contributed by atoms with Crippen molar-refractivity contribution in [1.82, 2.24) is 9.97 Å². The summed E-state index contributed by atoms with van der Waals surface area (Å²) in [6.45, 7) is 2.49. The topological polar surface area (TPSA) is 37.8 Å². The predicted molar refractivity (Wildman–Crippen MR) is 61.5 cm³/mol. The maximum atomic E-state index is 13.6. The summed E-state index contributed by atoms with van der Waals surface area (Å²) in [7, 11) is 0. The third-order valence-electron chi connectivity index (χ3n) is 2.30. The number of aromatic nitrogens is 2. The Labute approximate surface area is 102 Å². The molecule has 0 aliphatic rings. The summed E-state index contributed by atoms with van der Waals surface area (Å²) in [4.78, 5) is 7.93. The van der Waals surface area contributed by atoms with Crippen LogP contribution in [-0.2, 0) is 0 Å². The number of hydrogen-bond donors (Lipinski definition) is 1. The van der Waals surface area contributed by atoms with Gasteiger partial charge in [0.15, 0.2) is 17.5 Å². The van der Waals surface area contributed by atoms with E-state index in [2.05, 4.69) is 15.3 Å². The molecule has 1 N–H and O–H groups in total. The highest BCUT2D eigenvalue weighted by Gasteiger charge is 2.15. The molecule has 0 aliphatic heterocycles. The first kappa shape index (κ1) is 12.3. The highest BCUT2D eigenvalue weighted by Crippen LogP contribution is 2.24. The van der Waals surface area contributed by atoms with Crippen LogP contribution in [0.5, 0.6) is 0 Å². The van der Waals surface area contributed by atoms with Crippen LogP contribution in [0.15, 0.2) is 24.5 Å². The van der Waals surface area contributed by atoms with Gasteiger partial charge in [-0.05, 0) is 19.1 Å². The van der Waals surface area contributed by atoms with Gasteiger partial charge in [-0.1, -0.05) is 0 Å². The Morgan fingerprint density at radius 1 is 1.11 bits per heavy atom. The minimum absolute atomic E-state index is 0.124. The normalized spacial score (nSPS) is 10.4. The Hall–Kier alpha value is -2.11. The Kier molecular flexibility index (Phi) is 3.45. The number of hydrogen-bond acceptors (Lipinski definition) is 3. The highest BCUT2D eigenvalue weighted by molar-refractivity contribution is 5.60. The molecule has 0 saturated carbocycles. The molecule has 0 bridgehead atoms. The molecule has 0 saturated heterocycles. The SMILES string of the molecule is CCNc1cncc(-c2ccc(F)c(F)c2F)n1. The standard InChI is InChI=1S/C12H10F3N3/c1-2-17-10-6-16-5-9(18-10)7-3-4-8(13)12(15)11(7)14/h3-6H,2H2,1H3,(H,17,18). The van der Waals surface area contributed by atoms with E-state index < -0.39 is 17.5 Å². The van der Waals surface area contributed by atoms with E-state index in [4.69, 9.17) is 0 Å². The maximum absolute atomic E-state index is 13.6. The number of benzene rings is 1. The van der Waals surface area contributed by atoms with Crippen LogP contribution in [0, 0.1) is 17.5 Å². The monoisotopic (exact) mass is 253 g/mol. The molecule has 2 aromatic rings. The van der Waals surface area contributed by atoms with Crippen molar-refractivity contribution < 1.29 is 13.2 Å². The smallest absolute Gasteiger partial charge is 0.195 e. The van der Waals surface area contributed by atoms with Gasteiger partial charge >= 0.3 is 0 Å². The lowest BCUT2D eigenvalue weighted by molar-refractivity contribution is 0.449. The van der Waals surface area contributed by atoms with Crippen LogP contribution in [0.3, 0.4) is 0 Å². The van der Waals surface area contributed by atoms with Crippen molar-refractivity contribution in [3.63, 3.8) is 0 Å². The summed E-state index contributed by atoms with van der Waals surface area (Å²) >= 11 is 0. The molecule has 0 radical (unpaired) electrons. The zero-order valence-electron chi connectivity index (χ0n) is 9.54. The first-order valence-electron chi connectivity index (χ1n) is 5.33. The largest absolute Gasteiger partial charge is 0.369 e. The average Bonchev–Trinajstić information content (AvgIpc) is 2.37. The number of rotatable bonds is 3. The second-order valence-corrected chi connectivity index (χ2v) is 3.54. The zero-order valence-corrected chi connectivity index (χ0v) is 9.54. The fourth-order valence-corrected chi connectivity index (χ4v) is 1.49. The van der Waals surface area contributed by atoms with Crippen molar-refractivity contribution in [3.8, 4) is 11.3 Å². The van der Waals surface area contributed by atoms with Gasteiger partial charge in [0.25, 0.3) is 0 Å². The predicted octanol–water partition coefficient (Wildman–Crippen LogP) is 2.99. The van der Waals surface area contributed by atoms with E-state index in [1.54, 1.807) is 0 Å². The van der Waals surface area contributed by atoms with Gasteiger partial charge in [-0.3, -0.25) is 4.98 Å². The lowest BCUT2D eigenvalue weighted by atomic mass is 10.1. The summed E-state index contributed by atoms with van der Waals surface area (Å²) in [5, 5.41) is 2.90. The molecule has 6 heteroatoms. The van der Waals surface area contributed by atoms with Crippen molar-refractivity contribution >= 4 is 5.82 Å². The first-order chi connectivity index (χ1) is 8.63. The van der Waals surface area contributed by atoms with Crippen LogP contribution in [0.1, 0.15) is 6.92 Å². The van der Waals surface area contributed by atoms with Gasteiger partial charge in [-0.2, -0.15) is 0 Å². The third kappa shape index (κ3) is 2.27. The van der Waals surface area contributed by atoms with Crippen LogP contribution >= 0.6 is 0 Å². The fraction of sp³-hybridized carbons (Fsp3) is 0.167. The van der Waals surface area contributed by atoms with E-state index in [1.807, 2.05) is 6.92 Å². The van der Waals surface area contributed by atoms with E-state index in [-0.39, 0.29) is 11.3 Å². The second-order valence-electron chi connectivity index (χ2n) is 3.54. The molecule has 1 aromatic heterocycles. The van der Waals surface area contributed by atoms with Gasteiger partial charge in [-0.25, -0.2) is 18.2 Å². The van der Waals surface area contributed by atoms with Crippen LogP contribution in [0.25, 0.3) is 11.3 Å². The Balaban J connectivity index is 2.48. The first-order valence-corrected chi connectivity index (χ1v) is 5.33. The summed E-state index contributed by atoms with van der Waals surface area (Å²) in [5.74, 6) is -3.56. The lowest BCUT2D eigenvalue weighted by Gasteiger charge is -2.06. The lowest BCUT2D eigenvalue weighted by Crippen LogP contribution is -2.02. The van der Waals surface area contributed by atoms with E-state index in [0.717, 1.165) is 12.1 Å². The molecular weight excluding hydrogens is 243 g/mol. The van der Waals surface area contributed by atoms with Crippen molar-refractivity contribution in [2.75, 3.05) is 11.9 Å². The fourth-order valence-electron chi connectivity index (χ4n) is 1.49. The molecular formula is C12H10F3N3. The molecule has 94 valence electrons. The number of anilines is 1. The van der Waals surface area contributed by atoms with E-state index in [0.29, 0.717) is 12.4 Å². The van der Waals surface area contributed by atoms with Crippen molar-refractivity contribution in [1.29, 1.82) is 0 Å².